The van der Waals surface area contributed by atoms with Gasteiger partial charge in [-0.2, -0.15) is 0 Å². The van der Waals surface area contributed by atoms with Crippen LogP contribution in [0.1, 0.15) is 35.2 Å². The minimum Gasteiger partial charge on any atom is -0.354 e. The Balaban J connectivity index is 1.50. The van der Waals surface area contributed by atoms with Crippen LogP contribution in [0.5, 0.6) is 0 Å². The minimum atomic E-state index is -0.384. The summed E-state index contributed by atoms with van der Waals surface area (Å²) in [5, 5.41) is 5.80. The van der Waals surface area contributed by atoms with Crippen molar-refractivity contribution in [3.8, 4) is 0 Å². The molecule has 24 heavy (non-hydrogen) atoms. The fourth-order valence-corrected chi connectivity index (χ4v) is 3.15. The maximum atomic E-state index is 12.6. The molecule has 0 atom stereocenters. The van der Waals surface area contributed by atoms with Gasteiger partial charge in [-0.15, -0.1) is 0 Å². The maximum Gasteiger partial charge on any atom is 0.251 e. The van der Waals surface area contributed by atoms with Crippen LogP contribution < -0.4 is 10.6 Å². The van der Waals surface area contributed by atoms with Gasteiger partial charge in [-0.1, -0.05) is 55.0 Å². The van der Waals surface area contributed by atoms with E-state index in [1.165, 1.54) is 0 Å². The Hall–Kier alpha value is -2.62. The summed E-state index contributed by atoms with van der Waals surface area (Å²) in [4.78, 5) is 24.6. The van der Waals surface area contributed by atoms with Crippen LogP contribution in [0, 0.1) is 0 Å². The lowest BCUT2D eigenvalue weighted by Crippen LogP contribution is -2.50. The fourth-order valence-electron chi connectivity index (χ4n) is 3.15. The van der Waals surface area contributed by atoms with E-state index in [-0.39, 0.29) is 17.2 Å². The first-order chi connectivity index (χ1) is 11.7. The van der Waals surface area contributed by atoms with E-state index in [0.717, 1.165) is 24.8 Å². The van der Waals surface area contributed by atoms with Crippen molar-refractivity contribution in [1.82, 2.24) is 10.6 Å². The number of rotatable bonds is 6. The molecule has 2 amide bonds. The van der Waals surface area contributed by atoms with Crippen LogP contribution in [0.3, 0.4) is 0 Å². The number of benzene rings is 2. The van der Waals surface area contributed by atoms with Crippen LogP contribution in [-0.4, -0.2) is 24.9 Å². The molecule has 0 aliphatic heterocycles. The van der Waals surface area contributed by atoms with E-state index in [2.05, 4.69) is 10.6 Å². The molecule has 2 N–H and O–H groups in total. The summed E-state index contributed by atoms with van der Waals surface area (Å²) in [6.07, 6.45) is 2.85. The molecule has 1 fully saturated rings. The third-order valence-corrected chi connectivity index (χ3v) is 4.70. The lowest BCUT2D eigenvalue weighted by Gasteiger charge is -2.40. The summed E-state index contributed by atoms with van der Waals surface area (Å²) < 4.78 is 0. The average molecular weight is 322 g/mol. The van der Waals surface area contributed by atoms with Gasteiger partial charge in [0.2, 0.25) is 5.91 Å². The molecule has 1 aliphatic carbocycles. The first-order valence-electron chi connectivity index (χ1n) is 8.39. The topological polar surface area (TPSA) is 58.2 Å². The van der Waals surface area contributed by atoms with Gasteiger partial charge in [-0.3, -0.25) is 9.59 Å². The third-order valence-electron chi connectivity index (χ3n) is 4.70. The molecule has 3 rings (SSSR count). The van der Waals surface area contributed by atoms with Gasteiger partial charge in [-0.25, -0.2) is 0 Å². The average Bonchev–Trinajstić information content (AvgIpc) is 2.59. The van der Waals surface area contributed by atoms with E-state index in [4.69, 9.17) is 0 Å². The molecule has 0 aromatic heterocycles. The van der Waals surface area contributed by atoms with E-state index in [9.17, 15) is 9.59 Å². The second-order valence-corrected chi connectivity index (χ2v) is 6.18. The van der Waals surface area contributed by atoms with Gasteiger partial charge in [0.25, 0.3) is 5.91 Å². The summed E-state index contributed by atoms with van der Waals surface area (Å²) in [5.41, 5.74) is 1.33. The van der Waals surface area contributed by atoms with Crippen LogP contribution in [0.15, 0.2) is 60.7 Å². The first-order valence-corrected chi connectivity index (χ1v) is 8.39. The minimum absolute atomic E-state index is 0.0638. The Kier molecular flexibility index (Phi) is 4.94. The van der Waals surface area contributed by atoms with Gasteiger partial charge in [0.15, 0.2) is 0 Å². The first kappa shape index (κ1) is 16.2. The highest BCUT2D eigenvalue weighted by atomic mass is 16.2. The van der Waals surface area contributed by atoms with Crippen LogP contribution in [0.2, 0.25) is 0 Å². The molecule has 0 saturated heterocycles. The molecular formula is C20H22N2O2. The summed E-state index contributed by atoms with van der Waals surface area (Å²) in [6, 6.07) is 19.0. The lowest BCUT2D eigenvalue weighted by molar-refractivity contribution is -0.129. The van der Waals surface area contributed by atoms with Gasteiger partial charge in [0.05, 0.1) is 5.41 Å². The van der Waals surface area contributed by atoms with Gasteiger partial charge < -0.3 is 10.6 Å². The second kappa shape index (κ2) is 7.30. The Morgan fingerprint density at radius 3 is 2.00 bits per heavy atom. The Labute approximate surface area is 142 Å². The number of nitrogens with one attached hydrogen (secondary N) is 2. The fraction of sp³-hybridized carbons (Fsp3) is 0.300. The summed E-state index contributed by atoms with van der Waals surface area (Å²) in [6.45, 7) is 0.857. The zero-order chi connectivity index (χ0) is 16.8. The highest BCUT2D eigenvalue weighted by molar-refractivity contribution is 5.94. The predicted octanol–water partition coefficient (Wildman–Crippen LogP) is 2.65. The van der Waals surface area contributed by atoms with E-state index in [1.807, 2.05) is 48.5 Å². The molecule has 0 heterocycles. The van der Waals surface area contributed by atoms with Crippen molar-refractivity contribution < 1.29 is 9.59 Å². The molecule has 124 valence electrons. The van der Waals surface area contributed by atoms with Gasteiger partial charge >= 0.3 is 0 Å². The quantitative estimate of drug-likeness (QED) is 0.803. The zero-order valence-electron chi connectivity index (χ0n) is 13.6. The second-order valence-electron chi connectivity index (χ2n) is 6.18. The van der Waals surface area contributed by atoms with E-state index >= 15 is 0 Å². The monoisotopic (exact) mass is 322 g/mol. The van der Waals surface area contributed by atoms with Gasteiger partial charge in [0.1, 0.15) is 0 Å². The van der Waals surface area contributed by atoms with Crippen molar-refractivity contribution >= 4 is 11.8 Å². The van der Waals surface area contributed by atoms with Crippen molar-refractivity contribution in [3.05, 3.63) is 71.8 Å². The highest BCUT2D eigenvalue weighted by Crippen LogP contribution is 2.43. The summed E-state index contributed by atoms with van der Waals surface area (Å²) in [7, 11) is 0. The van der Waals surface area contributed by atoms with E-state index < -0.39 is 0 Å². The number of hydrogen-bond donors (Lipinski definition) is 2. The normalized spacial score (nSPS) is 15.2. The van der Waals surface area contributed by atoms with Gasteiger partial charge in [0, 0.05) is 18.7 Å². The van der Waals surface area contributed by atoms with Crippen LogP contribution in [-0.2, 0) is 10.2 Å². The number of hydrogen-bond acceptors (Lipinski definition) is 2. The summed E-state index contributed by atoms with van der Waals surface area (Å²) in [5.74, 6) is -0.0554. The van der Waals surface area contributed by atoms with Crippen LogP contribution >= 0.6 is 0 Å². The van der Waals surface area contributed by atoms with Crippen molar-refractivity contribution in [2.24, 2.45) is 0 Å². The molecule has 0 spiro atoms. The predicted molar refractivity (Wildman–Crippen MR) is 93.8 cm³/mol. The Morgan fingerprint density at radius 1 is 0.833 bits per heavy atom. The Bertz CT molecular complexity index is 694. The Morgan fingerprint density at radius 2 is 1.42 bits per heavy atom. The van der Waals surface area contributed by atoms with Crippen molar-refractivity contribution in [2.45, 2.75) is 24.7 Å². The molecule has 0 bridgehead atoms. The standard InChI is InChI=1S/C20H22N2O2/c23-18(16-8-3-1-4-9-16)21-14-15-22-19(24)20(12-7-13-20)17-10-5-2-6-11-17/h1-6,8-11H,7,12-15H2,(H,21,23)(H,22,24). The van der Waals surface area contributed by atoms with Crippen LogP contribution in [0.4, 0.5) is 0 Å². The largest absolute Gasteiger partial charge is 0.354 e. The number of carbonyl (C=O) groups excluding carboxylic acids is 2. The zero-order valence-corrected chi connectivity index (χ0v) is 13.6. The van der Waals surface area contributed by atoms with Crippen molar-refractivity contribution in [3.63, 3.8) is 0 Å². The summed E-state index contributed by atoms with van der Waals surface area (Å²) >= 11 is 0. The number of amides is 2. The smallest absolute Gasteiger partial charge is 0.251 e. The molecule has 2 aromatic carbocycles. The van der Waals surface area contributed by atoms with Gasteiger partial charge in [-0.05, 0) is 30.5 Å². The van der Waals surface area contributed by atoms with Crippen LogP contribution in [0.25, 0.3) is 0 Å². The molecule has 0 radical (unpaired) electrons. The van der Waals surface area contributed by atoms with Crippen molar-refractivity contribution in [2.75, 3.05) is 13.1 Å². The molecule has 1 saturated carbocycles. The molecule has 0 unspecified atom stereocenters. The van der Waals surface area contributed by atoms with Crippen molar-refractivity contribution in [1.29, 1.82) is 0 Å². The lowest BCUT2D eigenvalue weighted by atomic mass is 9.64. The SMILES string of the molecule is O=C(NCCNC(=O)C1(c2ccccc2)CCC1)c1ccccc1. The molecule has 4 heteroatoms. The number of carbonyl (C=O) groups is 2. The third kappa shape index (κ3) is 3.32. The maximum absolute atomic E-state index is 12.6. The molecule has 2 aromatic rings. The molecular weight excluding hydrogens is 300 g/mol. The van der Waals surface area contributed by atoms with E-state index in [0.29, 0.717) is 18.7 Å². The van der Waals surface area contributed by atoms with E-state index in [1.54, 1.807) is 12.1 Å². The molecule has 4 nitrogen and oxygen atoms in total. The molecule has 1 aliphatic rings. The highest BCUT2D eigenvalue weighted by Gasteiger charge is 2.45.